The number of allylic oxidation sites excluding steroid dienone is 1. The molecule has 2 N–H and O–H groups in total. The number of carbonyl (C=O) groups excluding carboxylic acids is 1. The number of ether oxygens (including phenoxy) is 1. The van der Waals surface area contributed by atoms with Crippen molar-refractivity contribution in [3.05, 3.63) is 59.9 Å². The molecule has 0 aromatic heterocycles. The van der Waals surface area contributed by atoms with Gasteiger partial charge in [-0.25, -0.2) is 17.6 Å². The Bertz CT molecular complexity index is 1170. The molecule has 0 spiro atoms. The zero-order valence-corrected chi connectivity index (χ0v) is 21.1. The molecular formula is C25H32FN3O5S. The average molecular weight is 506 g/mol. The Labute approximate surface area is 206 Å². The maximum atomic E-state index is 13.5. The van der Waals surface area contributed by atoms with E-state index in [0.29, 0.717) is 5.69 Å². The van der Waals surface area contributed by atoms with E-state index in [2.05, 4.69) is 5.32 Å². The number of halogens is 1. The van der Waals surface area contributed by atoms with Gasteiger partial charge >= 0.3 is 6.03 Å². The van der Waals surface area contributed by atoms with E-state index in [9.17, 15) is 22.7 Å². The third kappa shape index (κ3) is 6.19. The van der Waals surface area contributed by atoms with Crippen LogP contribution >= 0.6 is 0 Å². The van der Waals surface area contributed by atoms with Gasteiger partial charge in [0.1, 0.15) is 22.6 Å². The number of urea groups is 1. The van der Waals surface area contributed by atoms with Crippen LogP contribution < -0.4 is 10.1 Å². The normalized spacial score (nSPS) is 20.9. The molecule has 0 aliphatic carbocycles. The summed E-state index contributed by atoms with van der Waals surface area (Å²) in [5, 5.41) is 12.5. The Kier molecular flexibility index (Phi) is 8.52. The number of hydrogen-bond donors (Lipinski definition) is 2. The lowest BCUT2D eigenvalue weighted by Gasteiger charge is -2.37. The predicted molar refractivity (Wildman–Crippen MR) is 133 cm³/mol. The first-order valence-corrected chi connectivity index (χ1v) is 12.8. The fraction of sp³-hybridized carbons (Fsp3) is 0.400. The van der Waals surface area contributed by atoms with Gasteiger partial charge in [-0.1, -0.05) is 25.1 Å². The lowest BCUT2D eigenvalue weighted by atomic mass is 10.0. The molecule has 3 rings (SSSR count). The van der Waals surface area contributed by atoms with Crippen LogP contribution in [0.2, 0.25) is 0 Å². The summed E-state index contributed by atoms with van der Waals surface area (Å²) in [6, 6.07) is 9.27. The van der Waals surface area contributed by atoms with Crippen LogP contribution in [0.4, 0.5) is 14.9 Å². The summed E-state index contributed by atoms with van der Waals surface area (Å²) in [6.07, 6.45) is 3.14. The van der Waals surface area contributed by atoms with E-state index in [-0.39, 0.29) is 36.3 Å². The average Bonchev–Trinajstić information content (AvgIpc) is 2.82. The van der Waals surface area contributed by atoms with Crippen LogP contribution in [0.5, 0.6) is 5.75 Å². The monoisotopic (exact) mass is 505 g/mol. The number of nitrogens with one attached hydrogen (secondary N) is 1. The third-order valence-electron chi connectivity index (χ3n) is 5.95. The number of anilines is 1. The van der Waals surface area contributed by atoms with Crippen LogP contribution in [0.1, 0.15) is 26.3 Å². The highest BCUT2D eigenvalue weighted by atomic mass is 32.2. The van der Waals surface area contributed by atoms with Crippen molar-refractivity contribution in [2.45, 2.75) is 37.8 Å². The summed E-state index contributed by atoms with van der Waals surface area (Å²) in [5.74, 6) is -0.515. The zero-order valence-electron chi connectivity index (χ0n) is 20.3. The van der Waals surface area contributed by atoms with Gasteiger partial charge in [0.2, 0.25) is 10.0 Å². The van der Waals surface area contributed by atoms with Crippen LogP contribution in [0.25, 0.3) is 6.08 Å². The van der Waals surface area contributed by atoms with Crippen molar-refractivity contribution >= 4 is 27.8 Å². The number of fused-ring (bicyclic) bond motifs is 1. The molecule has 8 nitrogen and oxygen atoms in total. The lowest BCUT2D eigenvalue weighted by Crippen LogP contribution is -2.50. The summed E-state index contributed by atoms with van der Waals surface area (Å²) in [4.78, 5) is 14.2. The topological polar surface area (TPSA) is 99.2 Å². The molecule has 1 heterocycles. The largest absolute Gasteiger partial charge is 0.487 e. The molecule has 1 aliphatic heterocycles. The zero-order chi connectivity index (χ0) is 25.8. The number of hydrogen-bond acceptors (Lipinski definition) is 5. The molecule has 2 aromatic carbocycles. The van der Waals surface area contributed by atoms with Crippen LogP contribution in [0, 0.1) is 11.7 Å². The highest BCUT2D eigenvalue weighted by molar-refractivity contribution is 7.89. The molecular weight excluding hydrogens is 473 g/mol. The fourth-order valence-corrected chi connectivity index (χ4v) is 5.69. The molecule has 190 valence electrons. The second-order valence-corrected chi connectivity index (χ2v) is 10.6. The summed E-state index contributed by atoms with van der Waals surface area (Å²) < 4.78 is 47.6. The van der Waals surface area contributed by atoms with Crippen molar-refractivity contribution < 1.29 is 27.4 Å². The first-order chi connectivity index (χ1) is 16.6. The summed E-state index contributed by atoms with van der Waals surface area (Å²) in [7, 11) is -2.32. The quantitative estimate of drug-likeness (QED) is 0.622. The molecule has 1 aliphatic rings. The molecule has 0 fully saturated rings. The molecule has 2 aromatic rings. The van der Waals surface area contributed by atoms with Gasteiger partial charge in [-0.2, -0.15) is 4.31 Å². The van der Waals surface area contributed by atoms with Crippen molar-refractivity contribution in [3.63, 3.8) is 0 Å². The molecule has 2 amide bonds. The molecule has 0 saturated heterocycles. The van der Waals surface area contributed by atoms with Crippen molar-refractivity contribution in [3.8, 4) is 5.75 Å². The van der Waals surface area contributed by atoms with Gasteiger partial charge in [0.15, 0.2) is 0 Å². The van der Waals surface area contributed by atoms with Crippen LogP contribution in [0.15, 0.2) is 53.4 Å². The van der Waals surface area contributed by atoms with E-state index in [4.69, 9.17) is 4.74 Å². The highest BCUT2D eigenvalue weighted by Gasteiger charge is 2.38. The van der Waals surface area contributed by atoms with Gasteiger partial charge < -0.3 is 20.1 Å². The maximum absolute atomic E-state index is 13.5. The SMILES string of the molecule is CC=Cc1ccc2c(c1)O[C@@H](CN(C)C(=O)Nc1ccc(F)cc1)[C@H](C)CN([C@@H](C)CO)S2(=O)=O. The Morgan fingerprint density at radius 3 is 2.63 bits per heavy atom. The number of aliphatic hydroxyl groups excluding tert-OH is 1. The summed E-state index contributed by atoms with van der Waals surface area (Å²) in [6.45, 7) is 5.31. The molecule has 0 unspecified atom stereocenters. The number of rotatable bonds is 6. The number of amides is 2. The second-order valence-electron chi connectivity index (χ2n) is 8.76. The number of carbonyl (C=O) groups is 1. The highest BCUT2D eigenvalue weighted by Crippen LogP contribution is 2.34. The number of nitrogens with zero attached hydrogens (tertiary/aromatic N) is 2. The predicted octanol–water partition coefficient (Wildman–Crippen LogP) is 3.79. The Balaban J connectivity index is 1.92. The van der Waals surface area contributed by atoms with Gasteiger partial charge in [0.25, 0.3) is 0 Å². The smallest absolute Gasteiger partial charge is 0.321 e. The van der Waals surface area contributed by atoms with Crippen molar-refractivity contribution in [1.82, 2.24) is 9.21 Å². The van der Waals surface area contributed by atoms with Crippen molar-refractivity contribution in [1.29, 1.82) is 0 Å². The fourth-order valence-electron chi connectivity index (χ4n) is 3.86. The van der Waals surface area contributed by atoms with Crippen LogP contribution in [-0.4, -0.2) is 67.7 Å². The summed E-state index contributed by atoms with van der Waals surface area (Å²) in [5.41, 5.74) is 1.22. The van der Waals surface area contributed by atoms with Gasteiger partial charge in [0.05, 0.1) is 13.2 Å². The minimum Gasteiger partial charge on any atom is -0.487 e. The van der Waals surface area contributed by atoms with Gasteiger partial charge in [-0.15, -0.1) is 0 Å². The van der Waals surface area contributed by atoms with E-state index < -0.39 is 34.0 Å². The summed E-state index contributed by atoms with van der Waals surface area (Å²) >= 11 is 0. The molecule has 10 heteroatoms. The maximum Gasteiger partial charge on any atom is 0.321 e. The number of aliphatic hydroxyl groups is 1. The van der Waals surface area contributed by atoms with Crippen LogP contribution in [0.3, 0.4) is 0 Å². The number of likely N-dealkylation sites (N-methyl/N-ethyl adjacent to an activating group) is 1. The van der Waals surface area contributed by atoms with Gasteiger partial charge in [-0.05, 0) is 55.8 Å². The molecule has 0 radical (unpaired) electrons. The van der Waals surface area contributed by atoms with E-state index in [1.54, 1.807) is 26.1 Å². The second kappa shape index (κ2) is 11.2. The van der Waals surface area contributed by atoms with E-state index >= 15 is 0 Å². The van der Waals surface area contributed by atoms with E-state index in [1.165, 1.54) is 39.5 Å². The van der Waals surface area contributed by atoms with E-state index in [0.717, 1.165) is 5.56 Å². The molecule has 3 atom stereocenters. The lowest BCUT2D eigenvalue weighted by molar-refractivity contribution is 0.0830. The third-order valence-corrected chi connectivity index (χ3v) is 7.97. The molecule has 0 bridgehead atoms. The Hall–Kier alpha value is -2.95. The Morgan fingerprint density at radius 2 is 2.00 bits per heavy atom. The minimum absolute atomic E-state index is 0.0152. The first-order valence-electron chi connectivity index (χ1n) is 11.4. The molecule has 0 saturated carbocycles. The number of benzene rings is 2. The molecule has 35 heavy (non-hydrogen) atoms. The number of sulfonamides is 1. The van der Waals surface area contributed by atoms with Crippen molar-refractivity contribution in [2.75, 3.05) is 32.1 Å². The van der Waals surface area contributed by atoms with Gasteiger partial charge in [0, 0.05) is 31.2 Å². The minimum atomic E-state index is -3.93. The van der Waals surface area contributed by atoms with E-state index in [1.807, 2.05) is 26.0 Å². The first kappa shape index (κ1) is 26.7. The standard InChI is InChI=1S/C25H32FN3O5S/c1-5-6-19-7-12-24-22(13-19)34-23(17(2)14-29(18(3)16-30)35(24,32)33)15-28(4)25(31)27-21-10-8-20(26)9-11-21/h5-13,17-18,23,30H,14-16H2,1-4H3,(H,27,31)/t17-,18+,23+/m1/s1. The van der Waals surface area contributed by atoms with Crippen LogP contribution in [-0.2, 0) is 10.0 Å². The van der Waals surface area contributed by atoms with Crippen molar-refractivity contribution in [2.24, 2.45) is 5.92 Å². The van der Waals surface area contributed by atoms with Gasteiger partial charge in [-0.3, -0.25) is 0 Å². The Morgan fingerprint density at radius 1 is 1.31 bits per heavy atom.